The molecule has 21 heavy (non-hydrogen) atoms. The lowest BCUT2D eigenvalue weighted by Gasteiger charge is -2.13. The predicted octanol–water partition coefficient (Wildman–Crippen LogP) is 3.93. The second-order valence-electron chi connectivity index (χ2n) is 5.09. The molecule has 0 amide bonds. The average molecular weight is 350 g/mol. The van der Waals surface area contributed by atoms with E-state index in [1.54, 1.807) is 7.11 Å². The third-order valence-electron chi connectivity index (χ3n) is 3.07. The quantitative estimate of drug-likeness (QED) is 0.859. The van der Waals surface area contributed by atoms with E-state index in [1.807, 2.05) is 49.4 Å². The summed E-state index contributed by atoms with van der Waals surface area (Å²) in [4.78, 5) is 0. The highest BCUT2D eigenvalue weighted by Crippen LogP contribution is 2.29. The predicted molar refractivity (Wildman–Crippen MR) is 88.8 cm³/mol. The molecule has 0 fully saturated rings. The van der Waals surface area contributed by atoms with E-state index in [9.17, 15) is 0 Å². The maximum Gasteiger partial charge on any atom is 0.161 e. The zero-order chi connectivity index (χ0) is 15.2. The van der Waals surface area contributed by atoms with Gasteiger partial charge >= 0.3 is 0 Å². The third-order valence-corrected chi connectivity index (χ3v) is 3.56. The van der Waals surface area contributed by atoms with Gasteiger partial charge in [0.05, 0.1) is 7.11 Å². The summed E-state index contributed by atoms with van der Waals surface area (Å²) < 4.78 is 12.3. The molecule has 2 rings (SSSR count). The Balaban J connectivity index is 2.13. The van der Waals surface area contributed by atoms with Gasteiger partial charge in [-0.1, -0.05) is 34.1 Å². The fourth-order valence-electron chi connectivity index (χ4n) is 2.12. The van der Waals surface area contributed by atoms with E-state index >= 15 is 0 Å². The molecule has 0 saturated carbocycles. The Morgan fingerprint density at radius 2 is 1.90 bits per heavy atom. The van der Waals surface area contributed by atoms with E-state index in [4.69, 9.17) is 15.2 Å². The summed E-state index contributed by atoms with van der Waals surface area (Å²) in [6.45, 7) is 2.49. The lowest BCUT2D eigenvalue weighted by molar-refractivity contribution is 0.284. The molecular formula is C17H20BrNO2. The molecule has 112 valence electrons. The van der Waals surface area contributed by atoms with Gasteiger partial charge in [0.25, 0.3) is 0 Å². The Morgan fingerprint density at radius 1 is 1.10 bits per heavy atom. The van der Waals surface area contributed by atoms with Crippen LogP contribution in [0.1, 0.15) is 18.1 Å². The molecule has 1 unspecified atom stereocenters. The van der Waals surface area contributed by atoms with Gasteiger partial charge in [-0.15, -0.1) is 0 Å². The normalized spacial score (nSPS) is 12.0. The van der Waals surface area contributed by atoms with Crippen molar-refractivity contribution in [1.29, 1.82) is 0 Å². The molecule has 4 heteroatoms. The number of halogens is 1. The van der Waals surface area contributed by atoms with Crippen LogP contribution in [-0.4, -0.2) is 13.2 Å². The van der Waals surface area contributed by atoms with E-state index in [2.05, 4.69) is 15.9 Å². The molecule has 0 spiro atoms. The SMILES string of the molecule is COc1ccc(CC(C)N)cc1OCc1cccc(Br)c1. The molecule has 0 saturated heterocycles. The molecule has 0 aromatic heterocycles. The first-order chi connectivity index (χ1) is 10.1. The Bertz CT molecular complexity index is 599. The molecular weight excluding hydrogens is 330 g/mol. The number of benzene rings is 2. The summed E-state index contributed by atoms with van der Waals surface area (Å²) in [6, 6.07) is 14.1. The van der Waals surface area contributed by atoms with Crippen LogP contribution in [0.2, 0.25) is 0 Å². The summed E-state index contributed by atoms with van der Waals surface area (Å²) in [7, 11) is 1.65. The van der Waals surface area contributed by atoms with E-state index < -0.39 is 0 Å². The van der Waals surface area contributed by atoms with Crippen molar-refractivity contribution in [3.8, 4) is 11.5 Å². The highest BCUT2D eigenvalue weighted by atomic mass is 79.9. The van der Waals surface area contributed by atoms with Crippen molar-refractivity contribution in [2.75, 3.05) is 7.11 Å². The van der Waals surface area contributed by atoms with Crippen LogP contribution >= 0.6 is 15.9 Å². The highest BCUT2D eigenvalue weighted by molar-refractivity contribution is 9.10. The molecule has 0 bridgehead atoms. The molecule has 2 N–H and O–H groups in total. The Hall–Kier alpha value is -1.52. The lowest BCUT2D eigenvalue weighted by Crippen LogP contribution is -2.17. The smallest absolute Gasteiger partial charge is 0.161 e. The van der Waals surface area contributed by atoms with Crippen LogP contribution in [-0.2, 0) is 13.0 Å². The molecule has 1 atom stereocenters. The molecule has 0 aliphatic carbocycles. The number of methoxy groups -OCH3 is 1. The highest BCUT2D eigenvalue weighted by Gasteiger charge is 2.08. The minimum Gasteiger partial charge on any atom is -0.493 e. The Labute approximate surface area is 134 Å². The number of ether oxygens (including phenoxy) is 2. The average Bonchev–Trinajstić information content (AvgIpc) is 2.45. The molecule has 0 radical (unpaired) electrons. The second kappa shape index (κ2) is 7.48. The van der Waals surface area contributed by atoms with Gasteiger partial charge in [-0.2, -0.15) is 0 Å². The number of hydrogen-bond donors (Lipinski definition) is 1. The summed E-state index contributed by atoms with van der Waals surface area (Å²) in [5.41, 5.74) is 8.10. The lowest BCUT2D eigenvalue weighted by atomic mass is 10.1. The number of hydrogen-bond acceptors (Lipinski definition) is 3. The Kier molecular flexibility index (Phi) is 5.65. The topological polar surface area (TPSA) is 44.5 Å². The van der Waals surface area contributed by atoms with E-state index in [-0.39, 0.29) is 6.04 Å². The third kappa shape index (κ3) is 4.76. The van der Waals surface area contributed by atoms with Crippen molar-refractivity contribution in [1.82, 2.24) is 0 Å². The van der Waals surface area contributed by atoms with Crippen LogP contribution in [0.5, 0.6) is 11.5 Å². The first-order valence-electron chi connectivity index (χ1n) is 6.88. The van der Waals surface area contributed by atoms with Gasteiger partial charge in [0.15, 0.2) is 11.5 Å². The van der Waals surface area contributed by atoms with E-state index in [0.717, 1.165) is 33.5 Å². The van der Waals surface area contributed by atoms with Gasteiger partial charge in [0, 0.05) is 10.5 Å². The first kappa shape index (κ1) is 15.9. The van der Waals surface area contributed by atoms with Crippen molar-refractivity contribution >= 4 is 15.9 Å². The monoisotopic (exact) mass is 349 g/mol. The maximum atomic E-state index is 5.90. The van der Waals surface area contributed by atoms with Gasteiger partial charge in [0.2, 0.25) is 0 Å². The fourth-order valence-corrected chi connectivity index (χ4v) is 2.57. The molecule has 2 aromatic rings. The summed E-state index contributed by atoms with van der Waals surface area (Å²) in [5, 5.41) is 0. The largest absolute Gasteiger partial charge is 0.493 e. The molecule has 0 heterocycles. The maximum absolute atomic E-state index is 5.90. The number of nitrogens with two attached hydrogens (primary N) is 1. The summed E-state index contributed by atoms with van der Waals surface area (Å²) in [5.74, 6) is 1.48. The van der Waals surface area contributed by atoms with Gasteiger partial charge in [-0.25, -0.2) is 0 Å². The Morgan fingerprint density at radius 3 is 2.57 bits per heavy atom. The number of rotatable bonds is 6. The van der Waals surface area contributed by atoms with Gasteiger partial charge in [-0.05, 0) is 48.7 Å². The minimum absolute atomic E-state index is 0.122. The summed E-state index contributed by atoms with van der Waals surface area (Å²) in [6.07, 6.45) is 0.817. The molecule has 2 aromatic carbocycles. The van der Waals surface area contributed by atoms with Crippen molar-refractivity contribution in [3.63, 3.8) is 0 Å². The zero-order valence-corrected chi connectivity index (χ0v) is 13.9. The minimum atomic E-state index is 0.122. The van der Waals surface area contributed by atoms with E-state index in [0.29, 0.717) is 6.61 Å². The first-order valence-corrected chi connectivity index (χ1v) is 7.67. The van der Waals surface area contributed by atoms with Crippen LogP contribution in [0.25, 0.3) is 0 Å². The fraction of sp³-hybridized carbons (Fsp3) is 0.294. The van der Waals surface area contributed by atoms with Gasteiger partial charge in [-0.3, -0.25) is 0 Å². The van der Waals surface area contributed by atoms with Crippen molar-refractivity contribution in [2.24, 2.45) is 5.73 Å². The van der Waals surface area contributed by atoms with Gasteiger partial charge < -0.3 is 15.2 Å². The van der Waals surface area contributed by atoms with Crippen LogP contribution in [0.3, 0.4) is 0 Å². The van der Waals surface area contributed by atoms with E-state index in [1.165, 1.54) is 0 Å². The summed E-state index contributed by atoms with van der Waals surface area (Å²) >= 11 is 3.46. The van der Waals surface area contributed by atoms with Crippen molar-refractivity contribution in [3.05, 3.63) is 58.1 Å². The van der Waals surface area contributed by atoms with Crippen molar-refractivity contribution < 1.29 is 9.47 Å². The standard InChI is InChI=1S/C17H20BrNO2/c1-12(19)8-13-6-7-16(20-2)17(10-13)21-11-14-4-3-5-15(18)9-14/h3-7,9-10,12H,8,11,19H2,1-2H3. The second-order valence-corrected chi connectivity index (χ2v) is 6.00. The molecule has 0 aliphatic rings. The van der Waals surface area contributed by atoms with Crippen LogP contribution in [0, 0.1) is 0 Å². The van der Waals surface area contributed by atoms with Gasteiger partial charge in [0.1, 0.15) is 6.61 Å². The zero-order valence-electron chi connectivity index (χ0n) is 12.3. The van der Waals surface area contributed by atoms with Crippen LogP contribution in [0.15, 0.2) is 46.9 Å². The van der Waals surface area contributed by atoms with Crippen molar-refractivity contribution in [2.45, 2.75) is 26.0 Å². The van der Waals surface area contributed by atoms with Crippen LogP contribution in [0.4, 0.5) is 0 Å². The van der Waals surface area contributed by atoms with Crippen LogP contribution < -0.4 is 15.2 Å². The molecule has 3 nitrogen and oxygen atoms in total. The molecule has 0 aliphatic heterocycles.